The average molecular weight is 301 g/mol. The summed E-state index contributed by atoms with van der Waals surface area (Å²) in [6.45, 7) is 3.40. The van der Waals surface area contributed by atoms with Gasteiger partial charge in [0.1, 0.15) is 0 Å². The van der Waals surface area contributed by atoms with E-state index in [4.69, 9.17) is 0 Å². The van der Waals surface area contributed by atoms with Crippen molar-refractivity contribution in [3.63, 3.8) is 0 Å². The van der Waals surface area contributed by atoms with Crippen LogP contribution in [0.25, 0.3) is 0 Å². The first-order valence-corrected chi connectivity index (χ1v) is 8.03. The molecule has 2 heterocycles. The van der Waals surface area contributed by atoms with Crippen LogP contribution in [0.2, 0.25) is 0 Å². The van der Waals surface area contributed by atoms with Crippen molar-refractivity contribution < 1.29 is 9.59 Å². The molecule has 118 valence electrons. The highest BCUT2D eigenvalue weighted by molar-refractivity contribution is 5.97. The molecule has 2 aliphatic rings. The Labute approximate surface area is 131 Å². The van der Waals surface area contributed by atoms with E-state index in [-0.39, 0.29) is 11.8 Å². The largest absolute Gasteiger partial charge is 0.338 e. The van der Waals surface area contributed by atoms with E-state index in [1.54, 1.807) is 4.90 Å². The third-order valence-corrected chi connectivity index (χ3v) is 4.57. The summed E-state index contributed by atoms with van der Waals surface area (Å²) in [6.07, 6.45) is 2.61. The third-order valence-electron chi connectivity index (χ3n) is 4.57. The normalized spacial score (nSPS) is 21.7. The maximum absolute atomic E-state index is 12.5. The Hall–Kier alpha value is -1.88. The summed E-state index contributed by atoms with van der Waals surface area (Å²) in [4.78, 5) is 28.0. The van der Waals surface area contributed by atoms with Crippen LogP contribution in [-0.2, 0) is 4.79 Å². The molecule has 5 heteroatoms. The van der Waals surface area contributed by atoms with Crippen LogP contribution in [0, 0.1) is 5.92 Å². The monoisotopic (exact) mass is 301 g/mol. The Kier molecular flexibility index (Phi) is 4.43. The van der Waals surface area contributed by atoms with Gasteiger partial charge in [0.05, 0.1) is 0 Å². The SMILES string of the molecule is CNCC1CCN(C(=O)c2ccc(N3CCCC3=O)cc2)C1. The second-order valence-corrected chi connectivity index (χ2v) is 6.16. The Bertz CT molecular complexity index is 556. The molecule has 0 bridgehead atoms. The van der Waals surface area contributed by atoms with Gasteiger partial charge in [0, 0.05) is 37.3 Å². The molecule has 1 unspecified atom stereocenters. The van der Waals surface area contributed by atoms with Crippen molar-refractivity contribution in [3.05, 3.63) is 29.8 Å². The van der Waals surface area contributed by atoms with Crippen LogP contribution >= 0.6 is 0 Å². The zero-order valence-corrected chi connectivity index (χ0v) is 13.0. The maximum atomic E-state index is 12.5. The summed E-state index contributed by atoms with van der Waals surface area (Å²) < 4.78 is 0. The molecule has 2 saturated heterocycles. The molecular weight excluding hydrogens is 278 g/mol. The molecule has 22 heavy (non-hydrogen) atoms. The van der Waals surface area contributed by atoms with Crippen molar-refractivity contribution in [1.82, 2.24) is 10.2 Å². The first-order valence-electron chi connectivity index (χ1n) is 8.03. The number of nitrogens with zero attached hydrogens (tertiary/aromatic N) is 2. The summed E-state index contributed by atoms with van der Waals surface area (Å²) in [5.74, 6) is 0.821. The highest BCUT2D eigenvalue weighted by Gasteiger charge is 2.27. The number of likely N-dealkylation sites (tertiary alicyclic amines) is 1. The predicted octanol–water partition coefficient (Wildman–Crippen LogP) is 1.49. The quantitative estimate of drug-likeness (QED) is 0.917. The smallest absolute Gasteiger partial charge is 0.253 e. The van der Waals surface area contributed by atoms with E-state index in [2.05, 4.69) is 5.32 Å². The van der Waals surface area contributed by atoms with Crippen LogP contribution in [0.3, 0.4) is 0 Å². The van der Waals surface area contributed by atoms with E-state index in [0.717, 1.165) is 44.7 Å². The van der Waals surface area contributed by atoms with Crippen molar-refractivity contribution >= 4 is 17.5 Å². The second-order valence-electron chi connectivity index (χ2n) is 6.16. The number of carbonyl (C=O) groups is 2. The molecular formula is C17H23N3O2. The van der Waals surface area contributed by atoms with Crippen molar-refractivity contribution in [3.8, 4) is 0 Å². The Balaban J connectivity index is 1.65. The lowest BCUT2D eigenvalue weighted by Crippen LogP contribution is -2.30. The lowest BCUT2D eigenvalue weighted by molar-refractivity contribution is -0.117. The molecule has 1 aromatic carbocycles. The molecule has 0 saturated carbocycles. The van der Waals surface area contributed by atoms with Crippen LogP contribution in [-0.4, -0.2) is 49.9 Å². The fourth-order valence-electron chi connectivity index (χ4n) is 3.36. The number of nitrogens with one attached hydrogen (secondary N) is 1. The van der Waals surface area contributed by atoms with Crippen LogP contribution in [0.15, 0.2) is 24.3 Å². The van der Waals surface area contributed by atoms with E-state index < -0.39 is 0 Å². The highest BCUT2D eigenvalue weighted by atomic mass is 16.2. The fraction of sp³-hybridized carbons (Fsp3) is 0.529. The van der Waals surface area contributed by atoms with Gasteiger partial charge in [0.15, 0.2) is 0 Å². The Morgan fingerprint density at radius 1 is 1.27 bits per heavy atom. The number of benzene rings is 1. The summed E-state index contributed by atoms with van der Waals surface area (Å²) >= 11 is 0. The maximum Gasteiger partial charge on any atom is 0.253 e. The van der Waals surface area contributed by atoms with Gasteiger partial charge in [0.2, 0.25) is 5.91 Å². The lowest BCUT2D eigenvalue weighted by atomic mass is 10.1. The van der Waals surface area contributed by atoms with Gasteiger partial charge in [-0.15, -0.1) is 0 Å². The van der Waals surface area contributed by atoms with Gasteiger partial charge in [-0.3, -0.25) is 9.59 Å². The first-order chi connectivity index (χ1) is 10.7. The minimum atomic E-state index is 0.0953. The van der Waals surface area contributed by atoms with Crippen LogP contribution in [0.5, 0.6) is 0 Å². The van der Waals surface area contributed by atoms with Crippen molar-refractivity contribution in [1.29, 1.82) is 0 Å². The topological polar surface area (TPSA) is 52.7 Å². The van der Waals surface area contributed by atoms with Crippen molar-refractivity contribution in [2.45, 2.75) is 19.3 Å². The van der Waals surface area contributed by atoms with Crippen molar-refractivity contribution in [2.24, 2.45) is 5.92 Å². The summed E-state index contributed by atoms with van der Waals surface area (Å²) in [5.41, 5.74) is 1.61. The Morgan fingerprint density at radius 3 is 2.68 bits per heavy atom. The van der Waals surface area contributed by atoms with Gasteiger partial charge < -0.3 is 15.1 Å². The minimum Gasteiger partial charge on any atom is -0.338 e. The summed E-state index contributed by atoms with van der Waals surface area (Å²) in [5, 5.41) is 3.18. The molecule has 2 amide bonds. The number of hydrogen-bond acceptors (Lipinski definition) is 3. The minimum absolute atomic E-state index is 0.0953. The van der Waals surface area contributed by atoms with Gasteiger partial charge in [-0.1, -0.05) is 0 Å². The zero-order valence-electron chi connectivity index (χ0n) is 13.0. The molecule has 2 fully saturated rings. The lowest BCUT2D eigenvalue weighted by Gasteiger charge is -2.18. The number of amides is 2. The predicted molar refractivity (Wildman–Crippen MR) is 86.0 cm³/mol. The van der Waals surface area contributed by atoms with Gasteiger partial charge in [-0.2, -0.15) is 0 Å². The molecule has 2 aliphatic heterocycles. The molecule has 1 atom stereocenters. The number of hydrogen-bond donors (Lipinski definition) is 1. The summed E-state index contributed by atoms with van der Waals surface area (Å²) in [6, 6.07) is 7.46. The Morgan fingerprint density at radius 2 is 2.05 bits per heavy atom. The first kappa shape index (κ1) is 15.0. The molecule has 5 nitrogen and oxygen atoms in total. The van der Waals surface area contributed by atoms with Crippen molar-refractivity contribution in [2.75, 3.05) is 38.1 Å². The molecule has 0 aromatic heterocycles. The van der Waals surface area contributed by atoms with Crippen LogP contribution < -0.4 is 10.2 Å². The van der Waals surface area contributed by atoms with Gasteiger partial charge in [0.25, 0.3) is 5.91 Å². The standard InChI is InChI=1S/C17H23N3O2/c1-18-11-13-8-10-19(12-13)17(22)14-4-6-15(7-5-14)20-9-2-3-16(20)21/h4-7,13,18H,2-3,8-12H2,1H3. The van der Waals surface area contributed by atoms with E-state index in [1.165, 1.54) is 0 Å². The van der Waals surface area contributed by atoms with Gasteiger partial charge in [-0.25, -0.2) is 0 Å². The molecule has 1 N–H and O–H groups in total. The number of rotatable bonds is 4. The van der Waals surface area contributed by atoms with Crippen LogP contribution in [0.4, 0.5) is 5.69 Å². The average Bonchev–Trinajstić information content (AvgIpc) is 3.16. The number of carbonyl (C=O) groups excluding carboxylic acids is 2. The van der Waals surface area contributed by atoms with E-state index >= 15 is 0 Å². The van der Waals surface area contributed by atoms with E-state index in [9.17, 15) is 9.59 Å². The second kappa shape index (κ2) is 6.48. The number of anilines is 1. The fourth-order valence-corrected chi connectivity index (χ4v) is 3.36. The third kappa shape index (κ3) is 2.99. The molecule has 3 rings (SSSR count). The van der Waals surface area contributed by atoms with E-state index in [1.807, 2.05) is 36.2 Å². The van der Waals surface area contributed by atoms with Gasteiger partial charge >= 0.3 is 0 Å². The van der Waals surface area contributed by atoms with Crippen LogP contribution in [0.1, 0.15) is 29.6 Å². The van der Waals surface area contributed by atoms with E-state index in [0.29, 0.717) is 17.9 Å². The molecule has 0 radical (unpaired) electrons. The zero-order chi connectivity index (χ0) is 15.5. The van der Waals surface area contributed by atoms with Gasteiger partial charge in [-0.05, 0) is 56.6 Å². The molecule has 1 aromatic rings. The highest BCUT2D eigenvalue weighted by Crippen LogP contribution is 2.23. The molecule has 0 spiro atoms. The molecule has 0 aliphatic carbocycles. The summed E-state index contributed by atoms with van der Waals surface area (Å²) in [7, 11) is 1.95.